The Morgan fingerprint density at radius 2 is 2.16 bits per heavy atom. The molecule has 0 saturated carbocycles. The van der Waals surface area contributed by atoms with Crippen molar-refractivity contribution in [3.8, 4) is 5.75 Å². The summed E-state index contributed by atoms with van der Waals surface area (Å²) in [6.07, 6.45) is 0.432. The van der Waals surface area contributed by atoms with Gasteiger partial charge in [0.25, 0.3) is 0 Å². The number of aliphatic hydroxyl groups is 1. The minimum atomic E-state index is -0.478. The van der Waals surface area contributed by atoms with E-state index in [0.29, 0.717) is 6.54 Å². The van der Waals surface area contributed by atoms with Crippen LogP contribution in [0.15, 0.2) is 41.9 Å². The monoisotopic (exact) mass is 354 g/mol. The molecule has 1 aliphatic rings. The first-order valence-corrected chi connectivity index (χ1v) is 9.46. The molecule has 4 nitrogen and oxygen atoms in total. The topological polar surface area (TPSA) is 45.6 Å². The van der Waals surface area contributed by atoms with Gasteiger partial charge in [-0.3, -0.25) is 4.90 Å². The predicted octanol–water partition coefficient (Wildman–Crippen LogP) is 3.96. The van der Waals surface area contributed by atoms with Crippen LogP contribution in [0.1, 0.15) is 35.8 Å². The van der Waals surface area contributed by atoms with E-state index in [1.807, 2.05) is 23.7 Å². The number of aromatic nitrogens is 1. The number of thiazole rings is 1. The van der Waals surface area contributed by atoms with Crippen LogP contribution in [0.25, 0.3) is 10.2 Å². The van der Waals surface area contributed by atoms with Crippen LogP contribution >= 0.6 is 11.3 Å². The average molecular weight is 354 g/mol. The second-order valence-corrected chi connectivity index (χ2v) is 7.47. The maximum absolute atomic E-state index is 10.7. The molecule has 0 aliphatic carbocycles. The van der Waals surface area contributed by atoms with Crippen molar-refractivity contribution in [2.45, 2.75) is 25.5 Å². The molecule has 0 amide bonds. The number of fused-ring (bicyclic) bond motifs is 2. The Labute approximate surface area is 151 Å². The number of ether oxygens (including phenoxy) is 1. The molecule has 2 heterocycles. The third-order valence-electron chi connectivity index (χ3n) is 5.17. The molecule has 0 fully saturated rings. The number of hydrogen-bond acceptors (Lipinski definition) is 5. The molecule has 130 valence electrons. The average Bonchev–Trinajstić information content (AvgIpc) is 3.05. The van der Waals surface area contributed by atoms with Crippen molar-refractivity contribution in [1.82, 2.24) is 9.88 Å². The minimum Gasteiger partial charge on any atom is -0.497 e. The quantitative estimate of drug-likeness (QED) is 0.773. The highest BCUT2D eigenvalue weighted by atomic mass is 32.1. The molecule has 4 rings (SSSR count). The van der Waals surface area contributed by atoms with Crippen LogP contribution in [0, 0.1) is 0 Å². The molecular formula is C20H22N2O2S. The summed E-state index contributed by atoms with van der Waals surface area (Å²) < 4.78 is 6.55. The highest BCUT2D eigenvalue weighted by molar-refractivity contribution is 7.16. The van der Waals surface area contributed by atoms with Gasteiger partial charge in [0.1, 0.15) is 5.75 Å². The second kappa shape index (κ2) is 6.75. The summed E-state index contributed by atoms with van der Waals surface area (Å²) >= 11 is 1.67. The largest absolute Gasteiger partial charge is 0.497 e. The molecule has 1 N–H and O–H groups in total. The molecule has 1 aromatic heterocycles. The first-order chi connectivity index (χ1) is 12.2. The number of nitrogens with zero attached hydrogens (tertiary/aromatic N) is 2. The van der Waals surface area contributed by atoms with Crippen LogP contribution in [0.2, 0.25) is 0 Å². The molecule has 5 heteroatoms. The van der Waals surface area contributed by atoms with Crippen LogP contribution in [0.5, 0.6) is 5.75 Å². The maximum atomic E-state index is 10.7. The van der Waals surface area contributed by atoms with Gasteiger partial charge in [-0.05, 0) is 54.3 Å². The van der Waals surface area contributed by atoms with Crippen LogP contribution in [0.3, 0.4) is 0 Å². The van der Waals surface area contributed by atoms with Crippen molar-refractivity contribution in [2.24, 2.45) is 0 Å². The molecule has 2 aromatic carbocycles. The molecule has 0 saturated heterocycles. The maximum Gasteiger partial charge on any atom is 0.119 e. The lowest BCUT2D eigenvalue weighted by molar-refractivity contribution is 0.0985. The van der Waals surface area contributed by atoms with Gasteiger partial charge in [-0.1, -0.05) is 12.1 Å². The van der Waals surface area contributed by atoms with Crippen molar-refractivity contribution >= 4 is 21.6 Å². The van der Waals surface area contributed by atoms with Gasteiger partial charge >= 0.3 is 0 Å². The van der Waals surface area contributed by atoms with E-state index in [9.17, 15) is 5.11 Å². The van der Waals surface area contributed by atoms with Crippen molar-refractivity contribution in [3.05, 3.63) is 58.6 Å². The van der Waals surface area contributed by atoms with Crippen molar-refractivity contribution < 1.29 is 9.84 Å². The molecule has 2 atom stereocenters. The fourth-order valence-electron chi connectivity index (χ4n) is 3.62. The fraction of sp³-hybridized carbons (Fsp3) is 0.350. The Hall–Kier alpha value is -1.95. The second-order valence-electron chi connectivity index (χ2n) is 6.58. The number of methoxy groups -OCH3 is 1. The number of rotatable bonds is 3. The summed E-state index contributed by atoms with van der Waals surface area (Å²) in [6.45, 7) is 3.75. The smallest absolute Gasteiger partial charge is 0.119 e. The highest BCUT2D eigenvalue weighted by Gasteiger charge is 2.25. The fourth-order valence-corrected chi connectivity index (χ4v) is 4.28. The van der Waals surface area contributed by atoms with E-state index in [4.69, 9.17) is 4.74 Å². The van der Waals surface area contributed by atoms with E-state index in [1.54, 1.807) is 18.4 Å². The van der Waals surface area contributed by atoms with Gasteiger partial charge in [0.2, 0.25) is 0 Å². The molecular weight excluding hydrogens is 332 g/mol. The Bertz CT molecular complexity index is 892. The standard InChI is InChI=1S/C20H22N2O2S/c1-13(14-3-6-20-18(10-14)21-12-25-20)22-8-7-15-9-16(24-2)4-5-17(15)19(23)11-22/h3-6,9-10,12-13,19,23H,7-8,11H2,1-2H3/t13-,19+/m1/s1. The van der Waals surface area contributed by atoms with Crippen LogP contribution < -0.4 is 4.74 Å². The van der Waals surface area contributed by atoms with Crippen molar-refractivity contribution in [2.75, 3.05) is 20.2 Å². The summed E-state index contributed by atoms with van der Waals surface area (Å²) in [5, 5.41) is 10.7. The summed E-state index contributed by atoms with van der Waals surface area (Å²) in [4.78, 5) is 6.78. The zero-order chi connectivity index (χ0) is 17.4. The van der Waals surface area contributed by atoms with E-state index in [0.717, 1.165) is 29.8 Å². The van der Waals surface area contributed by atoms with Crippen LogP contribution in [-0.4, -0.2) is 35.2 Å². The van der Waals surface area contributed by atoms with E-state index < -0.39 is 6.10 Å². The van der Waals surface area contributed by atoms with Gasteiger partial charge in [-0.25, -0.2) is 4.98 Å². The summed E-state index contributed by atoms with van der Waals surface area (Å²) in [5.41, 5.74) is 6.38. The SMILES string of the molecule is COc1ccc2c(c1)CCN([C@H](C)c1ccc3scnc3c1)C[C@@H]2O. The summed E-state index contributed by atoms with van der Waals surface area (Å²) in [7, 11) is 1.68. The lowest BCUT2D eigenvalue weighted by Crippen LogP contribution is -2.31. The van der Waals surface area contributed by atoms with Crippen LogP contribution in [0.4, 0.5) is 0 Å². The van der Waals surface area contributed by atoms with Gasteiger partial charge in [-0.15, -0.1) is 11.3 Å². The molecule has 25 heavy (non-hydrogen) atoms. The summed E-state index contributed by atoms with van der Waals surface area (Å²) in [6, 6.07) is 12.7. The Morgan fingerprint density at radius 3 is 3.00 bits per heavy atom. The van der Waals surface area contributed by atoms with Crippen LogP contribution in [-0.2, 0) is 6.42 Å². The number of aliphatic hydroxyl groups excluding tert-OH is 1. The van der Waals surface area contributed by atoms with E-state index >= 15 is 0 Å². The van der Waals surface area contributed by atoms with Gasteiger partial charge in [-0.2, -0.15) is 0 Å². The Kier molecular flexibility index (Phi) is 4.46. The Morgan fingerprint density at radius 1 is 1.28 bits per heavy atom. The molecule has 1 aliphatic heterocycles. The zero-order valence-electron chi connectivity index (χ0n) is 14.5. The molecule has 0 bridgehead atoms. The highest BCUT2D eigenvalue weighted by Crippen LogP contribution is 2.32. The third kappa shape index (κ3) is 3.15. The minimum absolute atomic E-state index is 0.233. The predicted molar refractivity (Wildman–Crippen MR) is 101 cm³/mol. The number of β-amino-alcohol motifs (C(OH)–C–C–N with tert-alkyl or cyclic N) is 1. The van der Waals surface area contributed by atoms with Gasteiger partial charge in [0, 0.05) is 19.1 Å². The van der Waals surface area contributed by atoms with E-state index in [2.05, 4.69) is 35.0 Å². The van der Waals surface area contributed by atoms with Gasteiger partial charge in [0.15, 0.2) is 0 Å². The normalized spacial score (nSPS) is 19.4. The zero-order valence-corrected chi connectivity index (χ0v) is 15.3. The van der Waals surface area contributed by atoms with Crippen molar-refractivity contribution in [1.29, 1.82) is 0 Å². The van der Waals surface area contributed by atoms with E-state index in [1.165, 1.54) is 15.8 Å². The first-order valence-electron chi connectivity index (χ1n) is 8.58. The van der Waals surface area contributed by atoms with Gasteiger partial charge < -0.3 is 9.84 Å². The molecule has 0 unspecified atom stereocenters. The molecule has 0 spiro atoms. The lowest BCUT2D eigenvalue weighted by atomic mass is 10.0. The first kappa shape index (κ1) is 16.5. The number of hydrogen-bond donors (Lipinski definition) is 1. The number of benzene rings is 2. The summed E-state index contributed by atoms with van der Waals surface area (Å²) in [5.74, 6) is 0.849. The van der Waals surface area contributed by atoms with Crippen molar-refractivity contribution in [3.63, 3.8) is 0 Å². The Balaban J connectivity index is 1.59. The van der Waals surface area contributed by atoms with Gasteiger partial charge in [0.05, 0.1) is 28.9 Å². The lowest BCUT2D eigenvalue weighted by Gasteiger charge is -2.29. The van der Waals surface area contributed by atoms with E-state index in [-0.39, 0.29) is 6.04 Å². The molecule has 0 radical (unpaired) electrons. The third-order valence-corrected chi connectivity index (χ3v) is 5.98. The molecule has 3 aromatic rings.